The summed E-state index contributed by atoms with van der Waals surface area (Å²) in [5.41, 5.74) is 1.50. The van der Waals surface area contributed by atoms with Crippen molar-refractivity contribution in [3.05, 3.63) is 41.1 Å². The van der Waals surface area contributed by atoms with Crippen molar-refractivity contribution in [3.63, 3.8) is 0 Å². The Balaban J connectivity index is 0.00000225. The van der Waals surface area contributed by atoms with Crippen LogP contribution in [-0.2, 0) is 0 Å². The van der Waals surface area contributed by atoms with E-state index in [4.69, 9.17) is 0 Å². The Labute approximate surface area is 146 Å². The third-order valence-corrected chi connectivity index (χ3v) is 10.6. The zero-order valence-electron chi connectivity index (χ0n) is 11.9. The third-order valence-electron chi connectivity index (χ3n) is 2.56. The average molecular weight is 275 g/mol. The third kappa shape index (κ3) is 4.80. The average Bonchev–Trinajstić information content (AvgIpc) is 2.00. The van der Waals surface area contributed by atoms with Gasteiger partial charge in [0.1, 0.15) is 0 Å². The summed E-state index contributed by atoms with van der Waals surface area (Å²) in [5.74, 6) is 0. The first-order valence-electron chi connectivity index (χ1n) is 5.66. The predicted molar refractivity (Wildman–Crippen MR) is 75.5 cm³/mol. The molecule has 16 heavy (non-hydrogen) atoms. The van der Waals surface area contributed by atoms with E-state index in [0.717, 1.165) is 0 Å². The molecule has 0 radical (unpaired) electrons. The molecule has 0 amide bonds. The van der Waals surface area contributed by atoms with E-state index in [1.165, 1.54) is 5.56 Å². The second-order valence-electron chi connectivity index (χ2n) is 6.24. The molecule has 1 aromatic rings. The molecule has 0 unspecified atom stereocenters. The molecule has 0 fully saturated rings. The van der Waals surface area contributed by atoms with Crippen LogP contribution in [0.15, 0.2) is 30.3 Å². The summed E-state index contributed by atoms with van der Waals surface area (Å²) in [6.45, 7) is 14.8. The van der Waals surface area contributed by atoms with E-state index in [9.17, 15) is 0 Å². The topological polar surface area (TPSA) is 0 Å². The van der Waals surface area contributed by atoms with Gasteiger partial charge in [0, 0.05) is 16.1 Å². The van der Waals surface area contributed by atoms with Crippen LogP contribution in [0.2, 0.25) is 39.3 Å². The fourth-order valence-electron chi connectivity index (χ4n) is 2.60. The maximum absolute atomic E-state index is 2.47. The molecule has 0 atom stereocenters. The first-order chi connectivity index (χ1) is 6.73. The molecule has 0 bridgehead atoms. The van der Waals surface area contributed by atoms with Gasteiger partial charge in [0.2, 0.25) is 0 Å². The molecule has 0 aliphatic heterocycles. The van der Waals surface area contributed by atoms with Gasteiger partial charge < -0.3 is 0 Å². The van der Waals surface area contributed by atoms with Crippen LogP contribution in [0.4, 0.5) is 0 Å². The van der Waals surface area contributed by atoms with Gasteiger partial charge in [-0.15, -0.1) is 12.1 Å². The summed E-state index contributed by atoms with van der Waals surface area (Å²) in [6.07, 6.45) is 0. The van der Waals surface area contributed by atoms with E-state index in [1.54, 1.807) is 5.16 Å². The summed E-state index contributed by atoms with van der Waals surface area (Å²) in [7, 11) is -2.37. The number of rotatable bonds is 3. The van der Waals surface area contributed by atoms with Crippen LogP contribution >= 0.6 is 0 Å². The normalized spacial score (nSPS) is 11.9. The van der Waals surface area contributed by atoms with Crippen LogP contribution in [0.3, 0.4) is 0 Å². The molecule has 0 nitrogen and oxygen atoms in total. The molecule has 0 N–H and O–H groups in total. The molecule has 1 aromatic carbocycles. The Hall–Kier alpha value is 1.16. The zero-order chi connectivity index (χ0) is 11.7. The van der Waals surface area contributed by atoms with Gasteiger partial charge in [0.05, 0.1) is 0 Å². The van der Waals surface area contributed by atoms with Gasteiger partial charge in [-0.1, -0.05) is 45.3 Å². The number of benzene rings is 1. The fourth-order valence-corrected chi connectivity index (χ4v) is 13.7. The minimum absolute atomic E-state index is 0. The SMILES string of the molecule is C[Si](C)(C)[C-](c1ccccc1)[Si](C)(C)C.[K+]. The van der Waals surface area contributed by atoms with Gasteiger partial charge >= 0.3 is 51.4 Å². The van der Waals surface area contributed by atoms with Gasteiger partial charge in [-0.2, -0.15) is 22.9 Å². The molecule has 0 saturated carbocycles. The summed E-state index contributed by atoms with van der Waals surface area (Å²) >= 11 is 0. The smallest absolute Gasteiger partial charge is 0.193 e. The largest absolute Gasteiger partial charge is 1.00 e. The maximum Gasteiger partial charge on any atom is 1.00 e. The molecule has 84 valence electrons. The van der Waals surface area contributed by atoms with Crippen molar-refractivity contribution >= 4 is 16.1 Å². The summed E-state index contributed by atoms with van der Waals surface area (Å²) in [4.78, 5) is 0. The number of hydrogen-bond acceptors (Lipinski definition) is 0. The first-order valence-corrected chi connectivity index (χ1v) is 12.7. The van der Waals surface area contributed by atoms with E-state index < -0.39 is 16.1 Å². The van der Waals surface area contributed by atoms with Gasteiger partial charge in [-0.3, -0.25) is 0 Å². The van der Waals surface area contributed by atoms with Crippen LogP contribution in [-0.4, -0.2) is 16.1 Å². The van der Waals surface area contributed by atoms with Gasteiger partial charge in [-0.05, 0) is 0 Å². The summed E-state index contributed by atoms with van der Waals surface area (Å²) in [5, 5.41) is 1.80. The minimum atomic E-state index is -1.18. The van der Waals surface area contributed by atoms with Gasteiger partial charge in [-0.25, -0.2) is 0 Å². The van der Waals surface area contributed by atoms with E-state index in [-0.39, 0.29) is 51.4 Å². The van der Waals surface area contributed by atoms with Crippen molar-refractivity contribution in [1.29, 1.82) is 0 Å². The molecular formula is C13H23KSi2. The zero-order valence-corrected chi connectivity index (χ0v) is 17.0. The Bertz CT molecular complexity index is 295. The second-order valence-corrected chi connectivity index (χ2v) is 16.7. The van der Waals surface area contributed by atoms with Crippen molar-refractivity contribution in [1.82, 2.24) is 0 Å². The molecule has 0 heterocycles. The van der Waals surface area contributed by atoms with Crippen LogP contribution in [0.5, 0.6) is 0 Å². The van der Waals surface area contributed by atoms with Crippen molar-refractivity contribution in [3.8, 4) is 0 Å². The molecule has 3 heteroatoms. The Morgan fingerprint density at radius 1 is 0.750 bits per heavy atom. The molecule has 0 aliphatic carbocycles. The molecular weight excluding hydrogens is 251 g/mol. The Kier molecular flexibility index (Phi) is 6.82. The molecule has 1 rings (SSSR count). The van der Waals surface area contributed by atoms with Crippen LogP contribution in [0, 0.1) is 5.16 Å². The summed E-state index contributed by atoms with van der Waals surface area (Å²) in [6, 6.07) is 11.0. The van der Waals surface area contributed by atoms with Crippen molar-refractivity contribution < 1.29 is 51.4 Å². The van der Waals surface area contributed by atoms with Crippen molar-refractivity contribution in [2.24, 2.45) is 0 Å². The standard InChI is InChI=1S/C13H23Si2.K/c1-14(2,3)13(15(4,5)6)12-10-8-7-9-11-12;/h7-11H,1-6H3;/q-1;+1. The minimum Gasteiger partial charge on any atom is -0.193 e. The molecule has 0 saturated heterocycles. The van der Waals surface area contributed by atoms with Crippen LogP contribution in [0.25, 0.3) is 0 Å². The maximum atomic E-state index is 2.47. The Morgan fingerprint density at radius 2 is 1.12 bits per heavy atom. The van der Waals surface area contributed by atoms with Crippen molar-refractivity contribution in [2.75, 3.05) is 0 Å². The first kappa shape index (κ1) is 17.2. The van der Waals surface area contributed by atoms with E-state index in [0.29, 0.717) is 0 Å². The molecule has 0 aromatic heterocycles. The fraction of sp³-hybridized carbons (Fsp3) is 0.462. The monoisotopic (exact) mass is 274 g/mol. The van der Waals surface area contributed by atoms with Crippen LogP contribution in [0.1, 0.15) is 5.56 Å². The predicted octanol–water partition coefficient (Wildman–Crippen LogP) is 1.37. The van der Waals surface area contributed by atoms with E-state index in [2.05, 4.69) is 69.6 Å². The van der Waals surface area contributed by atoms with Gasteiger partial charge in [0.25, 0.3) is 0 Å². The second kappa shape index (κ2) is 6.36. The quantitative estimate of drug-likeness (QED) is 0.577. The molecule has 0 aliphatic rings. The Morgan fingerprint density at radius 3 is 1.44 bits per heavy atom. The number of hydrogen-bond donors (Lipinski definition) is 0. The summed E-state index contributed by atoms with van der Waals surface area (Å²) < 4.78 is 0. The van der Waals surface area contributed by atoms with Crippen LogP contribution < -0.4 is 51.4 Å². The van der Waals surface area contributed by atoms with Crippen molar-refractivity contribution in [2.45, 2.75) is 39.3 Å². The van der Waals surface area contributed by atoms with E-state index in [1.807, 2.05) is 0 Å². The molecule has 0 spiro atoms. The van der Waals surface area contributed by atoms with Gasteiger partial charge in [0.15, 0.2) is 0 Å². The van der Waals surface area contributed by atoms with E-state index >= 15 is 0 Å².